The molecule has 1 amide bonds. The second-order valence-corrected chi connectivity index (χ2v) is 9.46. The second-order valence-electron chi connectivity index (χ2n) is 7.60. The second kappa shape index (κ2) is 11.2. The van der Waals surface area contributed by atoms with Gasteiger partial charge in [-0.2, -0.15) is 0 Å². The summed E-state index contributed by atoms with van der Waals surface area (Å²) in [5.41, 5.74) is 0.331. The van der Waals surface area contributed by atoms with Crippen LogP contribution in [-0.2, 0) is 14.8 Å². The van der Waals surface area contributed by atoms with Gasteiger partial charge in [-0.25, -0.2) is 8.42 Å². The lowest BCUT2D eigenvalue weighted by Crippen LogP contribution is -2.41. The van der Waals surface area contributed by atoms with Crippen LogP contribution in [0.2, 0.25) is 0 Å². The molecule has 31 heavy (non-hydrogen) atoms. The van der Waals surface area contributed by atoms with Crippen molar-refractivity contribution in [1.29, 1.82) is 0 Å². The molecule has 0 spiro atoms. The van der Waals surface area contributed by atoms with Gasteiger partial charge in [0.05, 0.1) is 17.7 Å². The van der Waals surface area contributed by atoms with Crippen molar-refractivity contribution in [2.45, 2.75) is 30.6 Å². The Kier molecular flexibility index (Phi) is 8.31. The van der Waals surface area contributed by atoms with Crippen LogP contribution in [0.25, 0.3) is 0 Å². The van der Waals surface area contributed by atoms with E-state index in [2.05, 4.69) is 10.2 Å². The third-order valence-corrected chi connectivity index (χ3v) is 7.17. The van der Waals surface area contributed by atoms with E-state index in [4.69, 9.17) is 4.74 Å². The first-order valence-electron chi connectivity index (χ1n) is 10.7. The SMILES string of the molecule is COc1ccccc1N(CC(=O)NCCCN1CCCCC1)S(=O)(=O)c1ccccc1. The third kappa shape index (κ3) is 6.21. The monoisotopic (exact) mass is 445 g/mol. The van der Waals surface area contributed by atoms with Crippen LogP contribution in [0.1, 0.15) is 25.7 Å². The Morgan fingerprint density at radius 2 is 1.71 bits per heavy atom. The molecule has 1 fully saturated rings. The lowest BCUT2D eigenvalue weighted by molar-refractivity contribution is -0.119. The van der Waals surface area contributed by atoms with Gasteiger partial charge in [0.2, 0.25) is 5.91 Å². The largest absolute Gasteiger partial charge is 0.495 e. The molecule has 2 aromatic carbocycles. The molecule has 1 heterocycles. The zero-order chi connectivity index (χ0) is 22.1. The van der Waals surface area contributed by atoms with Crippen LogP contribution in [0.5, 0.6) is 5.75 Å². The van der Waals surface area contributed by atoms with Gasteiger partial charge >= 0.3 is 0 Å². The van der Waals surface area contributed by atoms with E-state index in [-0.39, 0.29) is 17.3 Å². The summed E-state index contributed by atoms with van der Waals surface area (Å²) in [6.45, 7) is 3.37. The highest BCUT2D eigenvalue weighted by Crippen LogP contribution is 2.31. The molecule has 1 N–H and O–H groups in total. The smallest absolute Gasteiger partial charge is 0.264 e. The van der Waals surface area contributed by atoms with Gasteiger partial charge in [0.1, 0.15) is 12.3 Å². The van der Waals surface area contributed by atoms with Crippen molar-refractivity contribution in [3.05, 3.63) is 54.6 Å². The number of hydrogen-bond donors (Lipinski definition) is 1. The number of hydrogen-bond acceptors (Lipinski definition) is 5. The van der Waals surface area contributed by atoms with E-state index < -0.39 is 10.0 Å². The minimum Gasteiger partial charge on any atom is -0.495 e. The maximum Gasteiger partial charge on any atom is 0.264 e. The van der Waals surface area contributed by atoms with Gasteiger partial charge in [-0.15, -0.1) is 0 Å². The van der Waals surface area contributed by atoms with Gasteiger partial charge in [-0.05, 0) is 63.2 Å². The van der Waals surface area contributed by atoms with Gasteiger partial charge in [-0.1, -0.05) is 36.8 Å². The van der Waals surface area contributed by atoms with Crippen molar-refractivity contribution in [2.24, 2.45) is 0 Å². The standard InChI is InChI=1S/C23H31N3O4S/c1-30-22-14-7-6-13-21(22)26(31(28,29)20-11-4-2-5-12-20)19-23(27)24-15-10-18-25-16-8-3-9-17-25/h2,4-7,11-14H,3,8-10,15-19H2,1H3,(H,24,27). The predicted octanol–water partition coefficient (Wildman–Crippen LogP) is 2.88. The number of carbonyl (C=O) groups excluding carboxylic acids is 1. The summed E-state index contributed by atoms with van der Waals surface area (Å²) in [5.74, 6) is 0.0453. The molecule has 1 aliphatic rings. The number of rotatable bonds is 10. The third-order valence-electron chi connectivity index (χ3n) is 5.39. The number of nitrogens with zero attached hydrogens (tertiary/aromatic N) is 2. The molecular weight excluding hydrogens is 414 g/mol. The Bertz CT molecular complexity index is 944. The van der Waals surface area contributed by atoms with Crippen molar-refractivity contribution in [3.8, 4) is 5.75 Å². The molecule has 0 unspecified atom stereocenters. The molecule has 1 saturated heterocycles. The summed E-state index contributed by atoms with van der Waals surface area (Å²) in [5, 5.41) is 2.87. The van der Waals surface area contributed by atoms with Crippen LogP contribution in [0.3, 0.4) is 0 Å². The Hall–Kier alpha value is -2.58. The average molecular weight is 446 g/mol. The molecule has 3 rings (SSSR count). The Labute approximate surface area is 185 Å². The molecule has 0 aromatic heterocycles. The molecule has 7 nitrogen and oxygen atoms in total. The van der Waals surface area contributed by atoms with Gasteiger partial charge in [-0.3, -0.25) is 9.10 Å². The number of carbonyl (C=O) groups is 1. The van der Waals surface area contributed by atoms with E-state index in [0.29, 0.717) is 18.0 Å². The summed E-state index contributed by atoms with van der Waals surface area (Å²) in [6.07, 6.45) is 4.60. The number of amides is 1. The van der Waals surface area contributed by atoms with E-state index >= 15 is 0 Å². The number of ether oxygens (including phenoxy) is 1. The minimum atomic E-state index is -3.95. The van der Waals surface area contributed by atoms with E-state index in [9.17, 15) is 13.2 Å². The maximum absolute atomic E-state index is 13.4. The molecule has 8 heteroatoms. The van der Waals surface area contributed by atoms with E-state index in [1.54, 1.807) is 42.5 Å². The normalized spacial score (nSPS) is 14.7. The number of methoxy groups -OCH3 is 1. The van der Waals surface area contributed by atoms with E-state index in [0.717, 1.165) is 30.4 Å². The first kappa shape index (κ1) is 23.1. The molecule has 0 bridgehead atoms. The summed E-state index contributed by atoms with van der Waals surface area (Å²) in [7, 11) is -2.47. The summed E-state index contributed by atoms with van der Waals surface area (Å²) in [6, 6.07) is 14.9. The molecule has 0 saturated carbocycles. The number of likely N-dealkylation sites (tertiary alicyclic amines) is 1. The molecule has 0 radical (unpaired) electrons. The highest BCUT2D eigenvalue weighted by atomic mass is 32.2. The fourth-order valence-corrected chi connectivity index (χ4v) is 5.21. The minimum absolute atomic E-state index is 0.124. The van der Waals surface area contributed by atoms with Crippen LogP contribution in [0, 0.1) is 0 Å². The molecule has 0 atom stereocenters. The lowest BCUT2D eigenvalue weighted by Gasteiger charge is -2.27. The quantitative estimate of drug-likeness (QED) is 0.569. The first-order chi connectivity index (χ1) is 15.0. The maximum atomic E-state index is 13.4. The number of anilines is 1. The van der Waals surface area contributed by atoms with Crippen molar-refractivity contribution < 1.29 is 17.9 Å². The number of nitrogens with one attached hydrogen (secondary N) is 1. The zero-order valence-corrected chi connectivity index (χ0v) is 18.8. The number of piperidine rings is 1. The fourth-order valence-electron chi connectivity index (χ4n) is 3.75. The first-order valence-corrected chi connectivity index (χ1v) is 12.2. The average Bonchev–Trinajstić information content (AvgIpc) is 2.81. The van der Waals surface area contributed by atoms with Crippen molar-refractivity contribution in [3.63, 3.8) is 0 Å². The van der Waals surface area contributed by atoms with Gasteiger partial charge < -0.3 is 15.0 Å². The van der Waals surface area contributed by atoms with E-state index in [1.807, 2.05) is 0 Å². The molecule has 1 aliphatic heterocycles. The highest BCUT2D eigenvalue weighted by molar-refractivity contribution is 7.92. The van der Waals surface area contributed by atoms with Gasteiger partial charge in [0, 0.05) is 6.54 Å². The molecule has 2 aromatic rings. The number of benzene rings is 2. The lowest BCUT2D eigenvalue weighted by atomic mass is 10.1. The van der Waals surface area contributed by atoms with Crippen molar-refractivity contribution in [1.82, 2.24) is 10.2 Å². The van der Waals surface area contributed by atoms with Crippen molar-refractivity contribution >= 4 is 21.6 Å². The highest BCUT2D eigenvalue weighted by Gasteiger charge is 2.29. The van der Waals surface area contributed by atoms with Crippen molar-refractivity contribution in [2.75, 3.05) is 44.1 Å². The van der Waals surface area contributed by atoms with Gasteiger partial charge in [0.15, 0.2) is 0 Å². The van der Waals surface area contributed by atoms with Crippen LogP contribution in [0.15, 0.2) is 59.5 Å². The van der Waals surface area contributed by atoms with Crippen LogP contribution in [0.4, 0.5) is 5.69 Å². The Balaban J connectivity index is 1.70. The van der Waals surface area contributed by atoms with Crippen LogP contribution < -0.4 is 14.4 Å². The number of sulfonamides is 1. The van der Waals surface area contributed by atoms with Crippen LogP contribution >= 0.6 is 0 Å². The van der Waals surface area contributed by atoms with E-state index in [1.165, 1.54) is 38.5 Å². The van der Waals surface area contributed by atoms with Gasteiger partial charge in [0.25, 0.3) is 10.0 Å². The van der Waals surface area contributed by atoms with Crippen LogP contribution in [-0.4, -0.2) is 59.1 Å². The fraction of sp³-hybridized carbons (Fsp3) is 0.435. The summed E-state index contributed by atoms with van der Waals surface area (Å²) >= 11 is 0. The number of para-hydroxylation sites is 2. The zero-order valence-electron chi connectivity index (χ0n) is 18.0. The Morgan fingerprint density at radius 1 is 1.03 bits per heavy atom. The molecule has 168 valence electrons. The predicted molar refractivity (Wildman–Crippen MR) is 122 cm³/mol. The molecule has 0 aliphatic carbocycles. The summed E-state index contributed by atoms with van der Waals surface area (Å²) in [4.78, 5) is 15.2. The summed E-state index contributed by atoms with van der Waals surface area (Å²) < 4.78 is 33.2. The molecular formula is C23H31N3O4S. The Morgan fingerprint density at radius 3 is 2.42 bits per heavy atom. The topological polar surface area (TPSA) is 79.0 Å².